The van der Waals surface area contributed by atoms with Crippen molar-refractivity contribution in [2.24, 2.45) is 0 Å². The second-order valence-corrected chi connectivity index (χ2v) is 7.36. The average Bonchev–Trinajstić information content (AvgIpc) is 2.68. The van der Waals surface area contributed by atoms with Crippen LogP contribution < -0.4 is 4.90 Å². The molecule has 0 saturated heterocycles. The number of anilines is 1. The highest BCUT2D eigenvalue weighted by molar-refractivity contribution is 6.31. The Morgan fingerprint density at radius 1 is 1.07 bits per heavy atom. The van der Waals surface area contributed by atoms with Gasteiger partial charge in [-0.2, -0.15) is 0 Å². The molecule has 0 fully saturated rings. The summed E-state index contributed by atoms with van der Waals surface area (Å²) >= 11 is 6.07. The Hall–Kier alpha value is -2.99. The van der Waals surface area contributed by atoms with Gasteiger partial charge in [-0.15, -0.1) is 0 Å². The highest BCUT2D eigenvalue weighted by atomic mass is 35.5. The first-order valence-corrected chi connectivity index (χ1v) is 9.43. The molecule has 2 aliphatic rings. The van der Waals surface area contributed by atoms with Crippen molar-refractivity contribution in [3.8, 4) is 0 Å². The Morgan fingerprint density at radius 2 is 1.82 bits per heavy atom. The fourth-order valence-electron chi connectivity index (χ4n) is 4.07. The van der Waals surface area contributed by atoms with E-state index in [1.54, 1.807) is 0 Å². The smallest absolute Gasteiger partial charge is 0.293 e. The van der Waals surface area contributed by atoms with Crippen molar-refractivity contribution in [3.63, 3.8) is 0 Å². The summed E-state index contributed by atoms with van der Waals surface area (Å²) in [6, 6.07) is 13.6. The maximum absolute atomic E-state index is 13.1. The number of nitro groups is 1. The number of rotatable bonds is 3. The summed E-state index contributed by atoms with van der Waals surface area (Å²) in [6.45, 7) is 0. The van der Waals surface area contributed by atoms with Crippen molar-refractivity contribution in [1.82, 2.24) is 0 Å². The van der Waals surface area contributed by atoms with Crippen LogP contribution in [0.3, 0.4) is 0 Å². The molecule has 1 aliphatic heterocycles. The van der Waals surface area contributed by atoms with Crippen molar-refractivity contribution < 1.29 is 14.5 Å². The molecule has 4 rings (SSSR count). The number of hydrogen-bond acceptors (Lipinski definition) is 4. The van der Waals surface area contributed by atoms with Crippen LogP contribution in [0, 0.1) is 10.1 Å². The van der Waals surface area contributed by atoms with Gasteiger partial charge in [-0.25, -0.2) is 0 Å². The number of nitrogens with zero attached hydrogens (tertiary/aromatic N) is 2. The number of benzene rings is 2. The van der Waals surface area contributed by atoms with E-state index in [1.165, 1.54) is 23.1 Å². The topological polar surface area (TPSA) is 80.5 Å². The van der Waals surface area contributed by atoms with Gasteiger partial charge in [0.2, 0.25) is 5.91 Å². The standard InChI is InChI=1S/C21H17ClN2O4/c22-14-9-10-16(24(27)28)18(11-14)23-17-7-4-8-19(25)21(17)15(12-20(23)26)13-5-2-1-3-6-13/h1-3,5-6,9-11,15H,4,7-8,12H2. The van der Waals surface area contributed by atoms with E-state index >= 15 is 0 Å². The minimum atomic E-state index is -0.535. The zero-order valence-corrected chi connectivity index (χ0v) is 15.7. The molecular formula is C21H17ClN2O4. The van der Waals surface area contributed by atoms with Gasteiger partial charge in [0.05, 0.1) is 4.92 Å². The van der Waals surface area contributed by atoms with E-state index in [0.717, 1.165) is 5.56 Å². The Balaban J connectivity index is 1.92. The molecule has 0 N–H and O–H groups in total. The van der Waals surface area contributed by atoms with Gasteiger partial charge in [0, 0.05) is 41.1 Å². The number of carbonyl (C=O) groups is 2. The van der Waals surface area contributed by atoms with Crippen LogP contribution in [-0.2, 0) is 9.59 Å². The number of hydrogen-bond donors (Lipinski definition) is 0. The molecule has 142 valence electrons. The van der Waals surface area contributed by atoms with E-state index in [1.807, 2.05) is 30.3 Å². The molecule has 0 aromatic heterocycles. The predicted octanol–water partition coefficient (Wildman–Crippen LogP) is 4.78. The van der Waals surface area contributed by atoms with Crippen molar-refractivity contribution in [3.05, 3.63) is 80.5 Å². The van der Waals surface area contributed by atoms with Crippen LogP contribution in [0.5, 0.6) is 0 Å². The van der Waals surface area contributed by atoms with Gasteiger partial charge in [0.15, 0.2) is 5.78 Å². The Bertz CT molecular complexity index is 1020. The van der Waals surface area contributed by atoms with Crippen LogP contribution in [-0.4, -0.2) is 16.6 Å². The normalized spacial score (nSPS) is 19.6. The molecule has 1 aliphatic carbocycles. The zero-order chi connectivity index (χ0) is 19.8. The van der Waals surface area contributed by atoms with Crippen molar-refractivity contribution in [2.45, 2.75) is 31.6 Å². The van der Waals surface area contributed by atoms with Crippen LogP contribution in [0.2, 0.25) is 5.02 Å². The van der Waals surface area contributed by atoms with E-state index < -0.39 is 4.92 Å². The highest BCUT2D eigenvalue weighted by Gasteiger charge is 2.41. The third-order valence-corrected chi connectivity index (χ3v) is 5.49. The quantitative estimate of drug-likeness (QED) is 0.552. The fourth-order valence-corrected chi connectivity index (χ4v) is 4.24. The number of allylic oxidation sites excluding steroid dienone is 2. The average molecular weight is 397 g/mol. The largest absolute Gasteiger partial charge is 0.294 e. The molecule has 0 radical (unpaired) electrons. The lowest BCUT2D eigenvalue weighted by Crippen LogP contribution is -2.40. The molecule has 2 aromatic rings. The zero-order valence-electron chi connectivity index (χ0n) is 14.9. The van der Waals surface area contributed by atoms with Crippen LogP contribution in [0.25, 0.3) is 0 Å². The van der Waals surface area contributed by atoms with E-state index in [2.05, 4.69) is 0 Å². The van der Waals surface area contributed by atoms with E-state index in [-0.39, 0.29) is 35.4 Å². The number of carbonyl (C=O) groups excluding carboxylic acids is 2. The lowest BCUT2D eigenvalue weighted by atomic mass is 9.77. The Morgan fingerprint density at radius 3 is 2.54 bits per heavy atom. The van der Waals surface area contributed by atoms with Crippen molar-refractivity contribution in [1.29, 1.82) is 0 Å². The molecule has 1 amide bonds. The monoisotopic (exact) mass is 396 g/mol. The summed E-state index contributed by atoms with van der Waals surface area (Å²) in [5.74, 6) is -0.601. The molecule has 6 nitrogen and oxygen atoms in total. The molecule has 28 heavy (non-hydrogen) atoms. The predicted molar refractivity (Wildman–Crippen MR) is 105 cm³/mol. The maximum atomic E-state index is 13.1. The molecule has 1 unspecified atom stereocenters. The first kappa shape index (κ1) is 18.4. The third-order valence-electron chi connectivity index (χ3n) is 5.25. The minimum absolute atomic E-state index is 0.00251. The Labute approximate surface area is 166 Å². The fraction of sp³-hybridized carbons (Fsp3) is 0.238. The van der Waals surface area contributed by atoms with E-state index in [9.17, 15) is 19.7 Å². The van der Waals surface area contributed by atoms with Crippen molar-refractivity contribution in [2.75, 3.05) is 4.90 Å². The van der Waals surface area contributed by atoms with Gasteiger partial charge >= 0.3 is 0 Å². The van der Waals surface area contributed by atoms with Gasteiger partial charge in [-0.05, 0) is 30.5 Å². The van der Waals surface area contributed by atoms with E-state index in [4.69, 9.17) is 11.6 Å². The summed E-state index contributed by atoms with van der Waals surface area (Å²) in [7, 11) is 0. The van der Waals surface area contributed by atoms with Crippen molar-refractivity contribution >= 4 is 34.7 Å². The van der Waals surface area contributed by atoms with Gasteiger partial charge in [-0.3, -0.25) is 24.6 Å². The second kappa shape index (κ2) is 7.20. The van der Waals surface area contributed by atoms with Crippen LogP contribution in [0.4, 0.5) is 11.4 Å². The highest BCUT2D eigenvalue weighted by Crippen LogP contribution is 2.45. The van der Waals surface area contributed by atoms with E-state index in [0.29, 0.717) is 35.6 Å². The SMILES string of the molecule is O=C1CCCC2=C1C(c1ccccc1)CC(=O)N2c1cc(Cl)ccc1[N+](=O)[O-]. The summed E-state index contributed by atoms with van der Waals surface area (Å²) in [5, 5.41) is 11.8. The maximum Gasteiger partial charge on any atom is 0.293 e. The third kappa shape index (κ3) is 3.10. The van der Waals surface area contributed by atoms with Gasteiger partial charge in [0.1, 0.15) is 5.69 Å². The van der Waals surface area contributed by atoms with Gasteiger partial charge in [-0.1, -0.05) is 41.9 Å². The minimum Gasteiger partial charge on any atom is -0.294 e. The summed E-state index contributed by atoms with van der Waals surface area (Å²) in [5.41, 5.74) is 1.97. The number of halogens is 1. The van der Waals surface area contributed by atoms with Crippen LogP contribution >= 0.6 is 11.6 Å². The van der Waals surface area contributed by atoms with Gasteiger partial charge < -0.3 is 0 Å². The molecule has 1 atom stereocenters. The lowest BCUT2D eigenvalue weighted by Gasteiger charge is -2.38. The van der Waals surface area contributed by atoms with Crippen LogP contribution in [0.1, 0.15) is 37.2 Å². The summed E-state index contributed by atoms with van der Waals surface area (Å²) in [6.07, 6.45) is 1.62. The molecule has 0 bridgehead atoms. The number of nitro benzene ring substituents is 1. The Kier molecular flexibility index (Phi) is 4.73. The molecule has 7 heteroatoms. The molecule has 0 saturated carbocycles. The number of amides is 1. The molecule has 1 heterocycles. The molecule has 2 aromatic carbocycles. The first-order chi connectivity index (χ1) is 13.5. The summed E-state index contributed by atoms with van der Waals surface area (Å²) in [4.78, 5) is 38.3. The van der Waals surface area contributed by atoms with Gasteiger partial charge in [0.25, 0.3) is 5.69 Å². The lowest BCUT2D eigenvalue weighted by molar-refractivity contribution is -0.384. The second-order valence-electron chi connectivity index (χ2n) is 6.92. The van der Waals surface area contributed by atoms with Crippen LogP contribution in [0.15, 0.2) is 59.8 Å². The molecular weight excluding hydrogens is 380 g/mol. The molecule has 0 spiro atoms. The first-order valence-electron chi connectivity index (χ1n) is 9.05. The number of Topliss-reactive ketones (excluding diaryl/α,β-unsaturated/α-hetero) is 1. The number of ketones is 1. The summed E-state index contributed by atoms with van der Waals surface area (Å²) < 4.78 is 0.